The van der Waals surface area contributed by atoms with Crippen molar-refractivity contribution in [2.45, 2.75) is 12.5 Å². The van der Waals surface area contributed by atoms with Crippen LogP contribution in [0, 0.1) is 0 Å². The first kappa shape index (κ1) is 11.5. The van der Waals surface area contributed by atoms with Crippen LogP contribution in [0.15, 0.2) is 24.3 Å². The Morgan fingerprint density at radius 3 is 2.36 bits per heavy atom. The number of halogens is 1. The van der Waals surface area contributed by atoms with Gasteiger partial charge in [0.2, 0.25) is 0 Å². The fourth-order valence-electron chi connectivity index (χ4n) is 1.27. The Morgan fingerprint density at radius 2 is 1.86 bits per heavy atom. The predicted molar refractivity (Wildman–Crippen MR) is 61.6 cm³/mol. The molecule has 0 aromatic heterocycles. The number of benzene rings is 1. The maximum atomic E-state index is 6.02. The lowest BCUT2D eigenvalue weighted by atomic mass is 10.0. The van der Waals surface area contributed by atoms with E-state index in [1.54, 1.807) is 0 Å². The molecule has 0 aliphatic rings. The molecule has 0 saturated carbocycles. The van der Waals surface area contributed by atoms with Crippen molar-refractivity contribution in [1.82, 2.24) is 4.90 Å². The Balaban J connectivity index is 2.52. The summed E-state index contributed by atoms with van der Waals surface area (Å²) in [6.45, 7) is 1.00. The minimum absolute atomic E-state index is 0.106. The van der Waals surface area contributed by atoms with Gasteiger partial charge in [0, 0.05) is 11.1 Å². The highest BCUT2D eigenvalue weighted by atomic mass is 35.5. The van der Waals surface area contributed by atoms with E-state index in [4.69, 9.17) is 17.3 Å². The predicted octanol–water partition coefficient (Wildman–Crippen LogP) is 2.29. The Hall–Kier alpha value is -0.570. The molecule has 14 heavy (non-hydrogen) atoms. The Kier molecular flexibility index (Phi) is 4.39. The lowest BCUT2D eigenvalue weighted by molar-refractivity contribution is 0.382. The third-order valence-electron chi connectivity index (χ3n) is 2.19. The van der Waals surface area contributed by atoms with Crippen LogP contribution in [0.25, 0.3) is 0 Å². The minimum atomic E-state index is 0.106. The fraction of sp³-hybridized carbons (Fsp3) is 0.455. The zero-order chi connectivity index (χ0) is 10.6. The molecule has 2 nitrogen and oxygen atoms in total. The molecule has 0 saturated heterocycles. The van der Waals surface area contributed by atoms with E-state index >= 15 is 0 Å². The summed E-state index contributed by atoms with van der Waals surface area (Å²) in [5.41, 5.74) is 7.17. The molecule has 78 valence electrons. The Morgan fingerprint density at radius 1 is 1.29 bits per heavy atom. The second-order valence-corrected chi connectivity index (χ2v) is 4.19. The molecule has 0 amide bonds. The number of hydrogen-bond acceptors (Lipinski definition) is 2. The van der Waals surface area contributed by atoms with Crippen molar-refractivity contribution in [1.29, 1.82) is 0 Å². The van der Waals surface area contributed by atoms with Crippen molar-refractivity contribution in [3.05, 3.63) is 34.9 Å². The van der Waals surface area contributed by atoms with E-state index in [-0.39, 0.29) is 6.04 Å². The summed E-state index contributed by atoms with van der Waals surface area (Å²) < 4.78 is 0. The largest absolute Gasteiger partial charge is 0.324 e. The second kappa shape index (κ2) is 5.35. The highest BCUT2D eigenvalue weighted by Crippen LogP contribution is 2.17. The van der Waals surface area contributed by atoms with Crippen molar-refractivity contribution >= 4 is 11.6 Å². The molecule has 1 atom stereocenters. The molecule has 0 aliphatic carbocycles. The van der Waals surface area contributed by atoms with Crippen molar-refractivity contribution < 1.29 is 0 Å². The molecule has 1 aromatic carbocycles. The molecule has 1 aromatic rings. The lowest BCUT2D eigenvalue weighted by Crippen LogP contribution is -2.20. The van der Waals surface area contributed by atoms with Crippen LogP contribution in [0.2, 0.25) is 5.02 Å². The average molecular weight is 213 g/mol. The standard InChI is InChI=1S/C11H17ClN2/c1-14(2)8-7-11(13)9-3-5-10(12)6-4-9/h3-6,11H,7-8,13H2,1-2H3. The highest BCUT2D eigenvalue weighted by Gasteiger charge is 2.05. The van der Waals surface area contributed by atoms with E-state index in [0.717, 1.165) is 23.6 Å². The highest BCUT2D eigenvalue weighted by molar-refractivity contribution is 6.30. The van der Waals surface area contributed by atoms with Gasteiger partial charge >= 0.3 is 0 Å². The first-order chi connectivity index (χ1) is 6.59. The average Bonchev–Trinajstić information content (AvgIpc) is 2.15. The number of hydrogen-bond donors (Lipinski definition) is 1. The summed E-state index contributed by atoms with van der Waals surface area (Å²) in [7, 11) is 4.10. The number of rotatable bonds is 4. The van der Waals surface area contributed by atoms with Gasteiger partial charge in [-0.25, -0.2) is 0 Å². The summed E-state index contributed by atoms with van der Waals surface area (Å²) in [6.07, 6.45) is 0.967. The summed E-state index contributed by atoms with van der Waals surface area (Å²) in [5, 5.41) is 0.758. The third kappa shape index (κ3) is 3.66. The molecule has 2 N–H and O–H groups in total. The summed E-state index contributed by atoms with van der Waals surface area (Å²) in [5.74, 6) is 0. The van der Waals surface area contributed by atoms with Crippen molar-refractivity contribution in [2.75, 3.05) is 20.6 Å². The first-order valence-electron chi connectivity index (χ1n) is 4.75. The first-order valence-corrected chi connectivity index (χ1v) is 5.13. The van der Waals surface area contributed by atoms with Gasteiger partial charge in [0.05, 0.1) is 0 Å². The molecule has 1 unspecified atom stereocenters. The van der Waals surface area contributed by atoms with E-state index in [0.29, 0.717) is 0 Å². The van der Waals surface area contributed by atoms with Gasteiger partial charge in [-0.1, -0.05) is 23.7 Å². The smallest absolute Gasteiger partial charge is 0.0406 e. The Labute approximate surface area is 90.7 Å². The molecule has 1 rings (SSSR count). The molecular weight excluding hydrogens is 196 g/mol. The summed E-state index contributed by atoms with van der Waals surface area (Å²) in [6, 6.07) is 7.85. The lowest BCUT2D eigenvalue weighted by Gasteiger charge is -2.15. The van der Waals surface area contributed by atoms with Crippen LogP contribution < -0.4 is 5.73 Å². The van der Waals surface area contributed by atoms with Gasteiger partial charge < -0.3 is 10.6 Å². The van der Waals surface area contributed by atoms with Crippen LogP contribution in [0.4, 0.5) is 0 Å². The van der Waals surface area contributed by atoms with E-state index in [9.17, 15) is 0 Å². The second-order valence-electron chi connectivity index (χ2n) is 3.75. The van der Waals surface area contributed by atoms with Gasteiger partial charge in [0.1, 0.15) is 0 Å². The van der Waals surface area contributed by atoms with Crippen molar-refractivity contribution in [3.8, 4) is 0 Å². The van der Waals surface area contributed by atoms with E-state index in [1.165, 1.54) is 0 Å². The SMILES string of the molecule is CN(C)CCC(N)c1ccc(Cl)cc1. The van der Waals surface area contributed by atoms with E-state index in [1.807, 2.05) is 24.3 Å². The molecule has 0 bridgehead atoms. The third-order valence-corrected chi connectivity index (χ3v) is 2.44. The maximum absolute atomic E-state index is 6.02. The van der Waals surface area contributed by atoms with Crippen LogP contribution in [0.5, 0.6) is 0 Å². The quantitative estimate of drug-likeness (QED) is 0.830. The molecule has 0 spiro atoms. The van der Waals surface area contributed by atoms with Crippen LogP contribution in [-0.4, -0.2) is 25.5 Å². The van der Waals surface area contributed by atoms with Gasteiger partial charge in [-0.3, -0.25) is 0 Å². The molecule has 3 heteroatoms. The van der Waals surface area contributed by atoms with Gasteiger partial charge in [-0.15, -0.1) is 0 Å². The summed E-state index contributed by atoms with van der Waals surface area (Å²) >= 11 is 5.79. The molecule has 0 heterocycles. The zero-order valence-corrected chi connectivity index (χ0v) is 9.46. The minimum Gasteiger partial charge on any atom is -0.324 e. The van der Waals surface area contributed by atoms with Crippen molar-refractivity contribution in [3.63, 3.8) is 0 Å². The van der Waals surface area contributed by atoms with E-state index in [2.05, 4.69) is 19.0 Å². The molecule has 0 fully saturated rings. The summed E-state index contributed by atoms with van der Waals surface area (Å²) in [4.78, 5) is 2.13. The molecule has 0 radical (unpaired) electrons. The zero-order valence-electron chi connectivity index (χ0n) is 8.70. The Bertz CT molecular complexity index is 269. The van der Waals surface area contributed by atoms with Crippen LogP contribution in [-0.2, 0) is 0 Å². The van der Waals surface area contributed by atoms with Crippen LogP contribution in [0.1, 0.15) is 18.0 Å². The molecule has 0 aliphatic heterocycles. The van der Waals surface area contributed by atoms with Gasteiger partial charge in [0.15, 0.2) is 0 Å². The topological polar surface area (TPSA) is 29.3 Å². The van der Waals surface area contributed by atoms with Gasteiger partial charge in [0.25, 0.3) is 0 Å². The van der Waals surface area contributed by atoms with E-state index < -0.39 is 0 Å². The van der Waals surface area contributed by atoms with Gasteiger partial charge in [-0.05, 0) is 44.8 Å². The fourth-order valence-corrected chi connectivity index (χ4v) is 1.40. The van der Waals surface area contributed by atoms with Gasteiger partial charge in [-0.2, -0.15) is 0 Å². The van der Waals surface area contributed by atoms with Crippen molar-refractivity contribution in [2.24, 2.45) is 5.73 Å². The molecular formula is C11H17ClN2. The monoisotopic (exact) mass is 212 g/mol. The normalized spacial score (nSPS) is 13.2. The van der Waals surface area contributed by atoms with Crippen LogP contribution in [0.3, 0.4) is 0 Å². The van der Waals surface area contributed by atoms with Crippen LogP contribution >= 0.6 is 11.6 Å². The maximum Gasteiger partial charge on any atom is 0.0406 e. The number of nitrogens with zero attached hydrogens (tertiary/aromatic N) is 1. The number of nitrogens with two attached hydrogens (primary N) is 1.